The number of hydrogen-bond acceptors (Lipinski definition) is 6. The number of pyridine rings is 1. The van der Waals surface area contributed by atoms with E-state index in [-0.39, 0.29) is 10.6 Å². The number of hydrogen-bond donors (Lipinski definition) is 2. The van der Waals surface area contributed by atoms with Crippen molar-refractivity contribution in [3.63, 3.8) is 0 Å². The van der Waals surface area contributed by atoms with Gasteiger partial charge in [0.1, 0.15) is 5.56 Å². The standard InChI is InChI=1S/C21H16F5N3O4S/c1-32-18-16(7-6-15(22)17(18)23)33-20-14(8-11(10-28-20)21(24,25)26)19(30)29-12-4-3-5-13(9-12)34(2,27)31/h3-10,27H,1-2H3,(H,29,30). The molecule has 34 heavy (non-hydrogen) atoms. The van der Waals surface area contributed by atoms with Crippen molar-refractivity contribution >= 4 is 21.3 Å². The van der Waals surface area contributed by atoms with Crippen molar-refractivity contribution in [2.45, 2.75) is 11.1 Å². The molecule has 1 amide bonds. The second-order valence-corrected chi connectivity index (χ2v) is 9.05. The molecule has 0 aliphatic rings. The third kappa shape index (κ3) is 5.42. The summed E-state index contributed by atoms with van der Waals surface area (Å²) < 4.78 is 96.9. The molecule has 13 heteroatoms. The van der Waals surface area contributed by atoms with E-state index >= 15 is 0 Å². The minimum atomic E-state index is -4.85. The van der Waals surface area contributed by atoms with Gasteiger partial charge in [-0.3, -0.25) is 4.79 Å². The molecule has 0 aliphatic heterocycles. The predicted molar refractivity (Wildman–Crippen MR) is 112 cm³/mol. The van der Waals surface area contributed by atoms with Crippen LogP contribution < -0.4 is 14.8 Å². The lowest BCUT2D eigenvalue weighted by atomic mass is 10.1. The van der Waals surface area contributed by atoms with Crippen molar-refractivity contribution in [2.24, 2.45) is 0 Å². The average molecular weight is 501 g/mol. The van der Waals surface area contributed by atoms with E-state index < -0.39 is 62.0 Å². The number of aromatic nitrogens is 1. The molecule has 1 heterocycles. The highest BCUT2D eigenvalue weighted by atomic mass is 32.2. The Labute approximate surface area is 190 Å². The van der Waals surface area contributed by atoms with Crippen molar-refractivity contribution in [1.29, 1.82) is 4.78 Å². The summed E-state index contributed by atoms with van der Waals surface area (Å²) in [5.74, 6) is -5.54. The Hall–Kier alpha value is -3.74. The number of carbonyl (C=O) groups excluding carboxylic acids is 1. The number of carbonyl (C=O) groups is 1. The SMILES string of the molecule is COc1c(Oc2ncc(C(F)(F)F)cc2C(=O)Nc2cccc(S(C)(=N)=O)c2)ccc(F)c1F. The first kappa shape index (κ1) is 24.9. The molecule has 0 saturated carbocycles. The van der Waals surface area contributed by atoms with Crippen molar-refractivity contribution in [1.82, 2.24) is 4.98 Å². The van der Waals surface area contributed by atoms with Crippen LogP contribution in [-0.2, 0) is 15.9 Å². The van der Waals surface area contributed by atoms with Crippen molar-refractivity contribution < 1.29 is 40.4 Å². The first-order valence-corrected chi connectivity index (χ1v) is 11.2. The van der Waals surface area contributed by atoms with Gasteiger partial charge in [-0.15, -0.1) is 0 Å². The molecule has 1 unspecified atom stereocenters. The molecule has 3 rings (SSSR count). The predicted octanol–water partition coefficient (Wildman–Crippen LogP) is 5.47. The number of benzene rings is 2. The number of nitrogens with zero attached hydrogens (tertiary/aromatic N) is 1. The van der Waals surface area contributed by atoms with E-state index in [1.54, 1.807) is 0 Å². The smallest absolute Gasteiger partial charge is 0.417 e. The van der Waals surface area contributed by atoms with Gasteiger partial charge in [-0.2, -0.15) is 17.6 Å². The van der Waals surface area contributed by atoms with E-state index in [2.05, 4.69) is 10.3 Å². The lowest BCUT2D eigenvalue weighted by Gasteiger charge is -2.15. The third-order valence-electron chi connectivity index (χ3n) is 4.39. The summed E-state index contributed by atoms with van der Waals surface area (Å²) in [6.07, 6.45) is -3.28. The lowest BCUT2D eigenvalue weighted by Crippen LogP contribution is -2.16. The van der Waals surface area contributed by atoms with Crippen LogP contribution in [0.3, 0.4) is 0 Å². The number of nitrogens with one attached hydrogen (secondary N) is 2. The molecular weight excluding hydrogens is 485 g/mol. The fraction of sp³-hybridized carbons (Fsp3) is 0.143. The molecule has 0 saturated heterocycles. The first-order valence-electron chi connectivity index (χ1n) is 9.23. The van der Waals surface area contributed by atoms with Crippen LogP contribution in [0, 0.1) is 16.4 Å². The molecule has 3 aromatic rings. The maximum absolute atomic E-state index is 14.0. The van der Waals surface area contributed by atoms with Gasteiger partial charge in [0.05, 0.1) is 22.4 Å². The number of ether oxygens (including phenoxy) is 2. The Morgan fingerprint density at radius 2 is 1.85 bits per heavy atom. The second kappa shape index (κ2) is 9.25. The lowest BCUT2D eigenvalue weighted by molar-refractivity contribution is -0.137. The van der Waals surface area contributed by atoms with Gasteiger partial charge in [0.2, 0.25) is 17.4 Å². The average Bonchev–Trinajstić information content (AvgIpc) is 2.75. The third-order valence-corrected chi connectivity index (χ3v) is 5.54. The van der Waals surface area contributed by atoms with E-state index in [9.17, 15) is 31.0 Å². The minimum Gasteiger partial charge on any atom is -0.490 e. The molecule has 1 aromatic heterocycles. The summed E-state index contributed by atoms with van der Waals surface area (Å²) in [4.78, 5) is 16.5. The van der Waals surface area contributed by atoms with Gasteiger partial charge in [-0.05, 0) is 36.4 Å². The Morgan fingerprint density at radius 1 is 1.15 bits per heavy atom. The number of rotatable bonds is 6. The van der Waals surface area contributed by atoms with Crippen LogP contribution in [0.4, 0.5) is 27.6 Å². The number of halogens is 5. The summed E-state index contributed by atoms with van der Waals surface area (Å²) in [5, 5.41) is 2.32. The van der Waals surface area contributed by atoms with Gasteiger partial charge in [-0.1, -0.05) is 6.07 Å². The molecular formula is C21H16F5N3O4S. The topological polar surface area (TPSA) is 101 Å². The molecule has 180 valence electrons. The van der Waals surface area contributed by atoms with E-state index in [1.165, 1.54) is 24.3 Å². The molecule has 1 atom stereocenters. The normalized spacial score (nSPS) is 13.1. The van der Waals surface area contributed by atoms with Crippen LogP contribution in [-0.4, -0.2) is 28.5 Å². The second-order valence-electron chi connectivity index (χ2n) is 6.89. The zero-order chi connectivity index (χ0) is 25.3. The van der Waals surface area contributed by atoms with Gasteiger partial charge in [0, 0.05) is 23.0 Å². The van der Waals surface area contributed by atoms with Crippen LogP contribution in [0.25, 0.3) is 0 Å². The summed E-state index contributed by atoms with van der Waals surface area (Å²) in [7, 11) is -2.12. The number of amides is 1. The van der Waals surface area contributed by atoms with Crippen molar-refractivity contribution in [3.05, 3.63) is 71.4 Å². The monoisotopic (exact) mass is 501 g/mol. The van der Waals surface area contributed by atoms with E-state index in [1.807, 2.05) is 0 Å². The highest BCUT2D eigenvalue weighted by molar-refractivity contribution is 7.91. The number of anilines is 1. The van der Waals surface area contributed by atoms with Gasteiger partial charge in [0.15, 0.2) is 11.6 Å². The Morgan fingerprint density at radius 3 is 2.47 bits per heavy atom. The Balaban J connectivity index is 2.05. The fourth-order valence-electron chi connectivity index (χ4n) is 2.75. The molecule has 0 spiro atoms. The van der Waals surface area contributed by atoms with Crippen LogP contribution in [0.1, 0.15) is 15.9 Å². The van der Waals surface area contributed by atoms with Gasteiger partial charge < -0.3 is 14.8 Å². The molecule has 0 fully saturated rings. The van der Waals surface area contributed by atoms with E-state index in [0.29, 0.717) is 18.3 Å². The van der Waals surface area contributed by atoms with E-state index in [4.69, 9.17) is 14.3 Å². The first-order chi connectivity index (χ1) is 15.8. The van der Waals surface area contributed by atoms with Crippen LogP contribution in [0.5, 0.6) is 17.4 Å². The zero-order valence-corrected chi connectivity index (χ0v) is 18.3. The number of alkyl halides is 3. The molecule has 2 N–H and O–H groups in total. The van der Waals surface area contributed by atoms with Crippen LogP contribution in [0.2, 0.25) is 0 Å². The molecule has 7 nitrogen and oxygen atoms in total. The summed E-state index contributed by atoms with van der Waals surface area (Å²) in [6, 6.07) is 7.51. The maximum atomic E-state index is 14.0. The molecule has 0 radical (unpaired) electrons. The Kier molecular flexibility index (Phi) is 6.77. The summed E-state index contributed by atoms with van der Waals surface area (Å²) >= 11 is 0. The Bertz CT molecular complexity index is 1360. The van der Waals surface area contributed by atoms with Crippen LogP contribution in [0.15, 0.2) is 53.6 Å². The highest BCUT2D eigenvalue weighted by Crippen LogP contribution is 2.37. The number of methoxy groups -OCH3 is 1. The highest BCUT2D eigenvalue weighted by Gasteiger charge is 2.33. The van der Waals surface area contributed by atoms with Gasteiger partial charge in [-0.25, -0.2) is 18.4 Å². The van der Waals surface area contributed by atoms with Gasteiger partial charge in [0.25, 0.3) is 5.91 Å². The van der Waals surface area contributed by atoms with Crippen molar-refractivity contribution in [3.8, 4) is 17.4 Å². The molecule has 2 aromatic carbocycles. The summed E-state index contributed by atoms with van der Waals surface area (Å²) in [5.41, 5.74) is -1.91. The maximum Gasteiger partial charge on any atom is 0.417 e. The zero-order valence-electron chi connectivity index (χ0n) is 17.5. The van der Waals surface area contributed by atoms with E-state index in [0.717, 1.165) is 19.4 Å². The van der Waals surface area contributed by atoms with Crippen molar-refractivity contribution in [2.75, 3.05) is 18.7 Å². The fourth-order valence-corrected chi connectivity index (χ4v) is 3.44. The largest absolute Gasteiger partial charge is 0.490 e. The van der Waals surface area contributed by atoms with Crippen LogP contribution >= 0.6 is 0 Å². The minimum absolute atomic E-state index is 0.0399. The summed E-state index contributed by atoms with van der Waals surface area (Å²) in [6.45, 7) is 0. The molecule has 0 aliphatic carbocycles. The van der Waals surface area contributed by atoms with Gasteiger partial charge >= 0.3 is 6.18 Å². The molecule has 0 bridgehead atoms. The quantitative estimate of drug-likeness (QED) is 0.437.